The van der Waals surface area contributed by atoms with Crippen LogP contribution in [0.4, 0.5) is 0 Å². The molecule has 1 aliphatic heterocycles. The van der Waals surface area contributed by atoms with Crippen molar-refractivity contribution in [2.45, 2.75) is 38.1 Å². The molecule has 0 aromatic carbocycles. The van der Waals surface area contributed by atoms with Gasteiger partial charge in [-0.05, 0) is 31.6 Å². The highest BCUT2D eigenvalue weighted by Gasteiger charge is 2.44. The monoisotopic (exact) mass is 262 g/mol. The maximum atomic E-state index is 12.0. The van der Waals surface area contributed by atoms with Crippen LogP contribution in [-0.2, 0) is 9.53 Å². The van der Waals surface area contributed by atoms with Crippen molar-refractivity contribution in [2.75, 3.05) is 0 Å². The third kappa shape index (κ3) is 2.55. The first-order chi connectivity index (χ1) is 8.96. The average molecular weight is 262 g/mol. The molecule has 2 N–H and O–H groups in total. The number of hydrogen-bond donors (Lipinski definition) is 2. The van der Waals surface area contributed by atoms with Gasteiger partial charge in [-0.25, -0.2) is 0 Å². The Kier molecular flexibility index (Phi) is 3.73. The largest absolute Gasteiger partial charge is 0.493 e. The van der Waals surface area contributed by atoms with E-state index in [0.29, 0.717) is 12.0 Å². The molecule has 0 spiro atoms. The molecule has 0 bridgehead atoms. The van der Waals surface area contributed by atoms with Gasteiger partial charge >= 0.3 is 0 Å². The molecule has 0 saturated heterocycles. The van der Waals surface area contributed by atoms with Crippen molar-refractivity contribution in [3.8, 4) is 0 Å². The lowest BCUT2D eigenvalue weighted by Crippen LogP contribution is -2.50. The quantitative estimate of drug-likeness (QED) is 0.738. The van der Waals surface area contributed by atoms with Crippen molar-refractivity contribution in [2.24, 2.45) is 0 Å². The second kappa shape index (κ2) is 5.15. The Hall–Kier alpha value is -1.65. The Morgan fingerprint density at radius 2 is 2.21 bits per heavy atom. The second-order valence-electron chi connectivity index (χ2n) is 4.93. The Labute approximate surface area is 112 Å². The van der Waals surface area contributed by atoms with E-state index in [1.165, 1.54) is 19.3 Å². The molecule has 0 radical (unpaired) electrons. The standard InChI is InChI=1S/C15H18O4/c1-3-4-5-6-11-7-10-8-13(16)15(2,18)14(17)12(10)9-19-11/h3-6,8-9,11,13,16,18H,7H2,1-2H3/b4-3+,6-5+/t11-,13+,15+/m0/s1. The van der Waals surface area contributed by atoms with Gasteiger partial charge < -0.3 is 14.9 Å². The molecule has 2 rings (SSSR count). The number of carbonyl (C=O) groups excluding carboxylic acids is 1. The fourth-order valence-electron chi connectivity index (χ4n) is 2.14. The van der Waals surface area contributed by atoms with Crippen LogP contribution in [0.5, 0.6) is 0 Å². The number of rotatable bonds is 2. The van der Waals surface area contributed by atoms with Crippen LogP contribution >= 0.6 is 0 Å². The van der Waals surface area contributed by atoms with Gasteiger partial charge in [-0.2, -0.15) is 0 Å². The van der Waals surface area contributed by atoms with Crippen LogP contribution in [0.1, 0.15) is 20.3 Å². The summed E-state index contributed by atoms with van der Waals surface area (Å²) in [6.07, 6.45) is 9.65. The molecule has 0 aromatic heterocycles. The number of hydrogen-bond acceptors (Lipinski definition) is 4. The summed E-state index contributed by atoms with van der Waals surface area (Å²) in [7, 11) is 0. The maximum Gasteiger partial charge on any atom is 0.200 e. The third-order valence-corrected chi connectivity index (χ3v) is 3.40. The Bertz CT molecular complexity index is 494. The van der Waals surface area contributed by atoms with Gasteiger partial charge in [0, 0.05) is 6.42 Å². The first kappa shape index (κ1) is 13.8. The van der Waals surface area contributed by atoms with Crippen LogP contribution in [-0.4, -0.2) is 33.8 Å². The molecule has 0 fully saturated rings. The zero-order valence-electron chi connectivity index (χ0n) is 11.0. The Balaban J connectivity index is 2.23. The van der Waals surface area contributed by atoms with Crippen molar-refractivity contribution < 1.29 is 19.7 Å². The van der Waals surface area contributed by atoms with E-state index in [1.807, 2.05) is 31.2 Å². The lowest BCUT2D eigenvalue weighted by atomic mass is 9.78. The number of Topliss-reactive ketones (excluding diaryl/α,β-unsaturated/α-hetero) is 1. The van der Waals surface area contributed by atoms with E-state index in [4.69, 9.17) is 4.74 Å². The highest BCUT2D eigenvalue weighted by Crippen LogP contribution is 2.34. The molecule has 0 unspecified atom stereocenters. The summed E-state index contributed by atoms with van der Waals surface area (Å²) < 4.78 is 5.46. The van der Waals surface area contributed by atoms with Gasteiger partial charge in [0.1, 0.15) is 12.2 Å². The molecule has 0 amide bonds. The minimum atomic E-state index is -1.77. The van der Waals surface area contributed by atoms with Crippen LogP contribution in [0.25, 0.3) is 0 Å². The SMILES string of the molecule is C/C=C/C=C/[C@H]1CC2=C[C@@H](O)[C@@](C)(O)C(=O)C2=CO1. The molecule has 2 aliphatic rings. The van der Waals surface area contributed by atoms with Crippen molar-refractivity contribution in [3.63, 3.8) is 0 Å². The minimum Gasteiger partial charge on any atom is -0.493 e. The van der Waals surface area contributed by atoms with E-state index in [-0.39, 0.29) is 6.10 Å². The lowest BCUT2D eigenvalue weighted by molar-refractivity contribution is -0.141. The molecular weight excluding hydrogens is 244 g/mol. The number of ketones is 1. The number of carbonyl (C=O) groups is 1. The Morgan fingerprint density at radius 1 is 1.47 bits per heavy atom. The van der Waals surface area contributed by atoms with Crippen LogP contribution < -0.4 is 0 Å². The first-order valence-electron chi connectivity index (χ1n) is 6.28. The predicted octanol–water partition coefficient (Wildman–Crippen LogP) is 1.41. The van der Waals surface area contributed by atoms with E-state index >= 15 is 0 Å². The molecule has 102 valence electrons. The molecule has 0 aromatic rings. The van der Waals surface area contributed by atoms with E-state index in [0.717, 1.165) is 5.57 Å². The summed E-state index contributed by atoms with van der Waals surface area (Å²) in [5, 5.41) is 19.7. The molecule has 1 heterocycles. The summed E-state index contributed by atoms with van der Waals surface area (Å²) in [5.74, 6) is -0.492. The topological polar surface area (TPSA) is 66.8 Å². The van der Waals surface area contributed by atoms with Gasteiger partial charge in [-0.3, -0.25) is 4.79 Å². The summed E-state index contributed by atoms with van der Waals surface area (Å²) in [6.45, 7) is 3.23. The molecule has 19 heavy (non-hydrogen) atoms. The van der Waals surface area contributed by atoms with E-state index < -0.39 is 17.5 Å². The van der Waals surface area contributed by atoms with Crippen LogP contribution in [0.2, 0.25) is 0 Å². The predicted molar refractivity (Wildman–Crippen MR) is 71.2 cm³/mol. The fraction of sp³-hybridized carbons (Fsp3) is 0.400. The Morgan fingerprint density at radius 3 is 2.89 bits per heavy atom. The zero-order chi connectivity index (χ0) is 14.0. The smallest absolute Gasteiger partial charge is 0.200 e. The van der Waals surface area contributed by atoms with Gasteiger partial charge in [0.25, 0.3) is 0 Å². The molecule has 3 atom stereocenters. The van der Waals surface area contributed by atoms with E-state index in [9.17, 15) is 15.0 Å². The van der Waals surface area contributed by atoms with Crippen molar-refractivity contribution in [1.82, 2.24) is 0 Å². The maximum absolute atomic E-state index is 12.0. The number of aliphatic hydroxyl groups excluding tert-OH is 1. The highest BCUT2D eigenvalue weighted by molar-refractivity contribution is 6.06. The molecule has 1 aliphatic carbocycles. The number of ether oxygens (including phenoxy) is 1. The summed E-state index contributed by atoms with van der Waals surface area (Å²) >= 11 is 0. The number of fused-ring (bicyclic) bond motifs is 1. The van der Waals surface area contributed by atoms with Gasteiger partial charge in [0.15, 0.2) is 11.4 Å². The molecular formula is C15H18O4. The summed E-state index contributed by atoms with van der Waals surface area (Å²) in [6, 6.07) is 0. The molecule has 4 nitrogen and oxygen atoms in total. The van der Waals surface area contributed by atoms with E-state index in [2.05, 4.69) is 0 Å². The number of aliphatic hydroxyl groups is 2. The number of allylic oxidation sites excluding steroid dienone is 3. The molecule has 0 saturated carbocycles. The molecule has 4 heteroatoms. The second-order valence-corrected chi connectivity index (χ2v) is 4.93. The van der Waals surface area contributed by atoms with Gasteiger partial charge in [0.2, 0.25) is 0 Å². The van der Waals surface area contributed by atoms with Crippen molar-refractivity contribution in [1.29, 1.82) is 0 Å². The van der Waals surface area contributed by atoms with Gasteiger partial charge in [-0.15, -0.1) is 0 Å². The summed E-state index contributed by atoms with van der Waals surface area (Å²) in [4.78, 5) is 12.0. The van der Waals surface area contributed by atoms with E-state index in [1.54, 1.807) is 0 Å². The third-order valence-electron chi connectivity index (χ3n) is 3.40. The lowest BCUT2D eigenvalue weighted by Gasteiger charge is -2.35. The highest BCUT2D eigenvalue weighted by atomic mass is 16.5. The average Bonchev–Trinajstić information content (AvgIpc) is 2.37. The van der Waals surface area contributed by atoms with Crippen LogP contribution in [0, 0.1) is 0 Å². The van der Waals surface area contributed by atoms with Gasteiger partial charge in [0.05, 0.1) is 11.8 Å². The van der Waals surface area contributed by atoms with Crippen molar-refractivity contribution >= 4 is 5.78 Å². The summed E-state index contributed by atoms with van der Waals surface area (Å²) in [5.41, 5.74) is -0.692. The minimum absolute atomic E-state index is 0.158. The van der Waals surface area contributed by atoms with Crippen LogP contribution in [0.3, 0.4) is 0 Å². The normalized spacial score (nSPS) is 35.1. The fourth-order valence-corrected chi connectivity index (χ4v) is 2.14. The zero-order valence-corrected chi connectivity index (χ0v) is 11.0. The van der Waals surface area contributed by atoms with Crippen LogP contribution in [0.15, 0.2) is 47.8 Å². The van der Waals surface area contributed by atoms with Gasteiger partial charge in [-0.1, -0.05) is 18.2 Å². The first-order valence-corrected chi connectivity index (χ1v) is 6.28. The van der Waals surface area contributed by atoms with Crippen molar-refractivity contribution in [3.05, 3.63) is 47.8 Å².